The molecule has 7 rings (SSSR count). The van der Waals surface area contributed by atoms with Crippen molar-refractivity contribution in [2.45, 2.75) is 26.7 Å². The number of ether oxygens (including phenoxy) is 1. The molecule has 2 amide bonds. The second-order valence-corrected chi connectivity index (χ2v) is 13.2. The first-order valence-corrected chi connectivity index (χ1v) is 16.2. The zero-order valence-electron chi connectivity index (χ0n) is 26.4. The fourth-order valence-electron chi connectivity index (χ4n) is 8.80. The summed E-state index contributed by atoms with van der Waals surface area (Å²) in [4.78, 5) is 48.9. The molecular weight excluding hydrogens is 562 g/mol. The van der Waals surface area contributed by atoms with Gasteiger partial charge in [0.1, 0.15) is 5.75 Å². The van der Waals surface area contributed by atoms with Crippen molar-refractivity contribution in [3.05, 3.63) is 96.1 Å². The smallest absolute Gasteiger partial charge is 0.234 e. The lowest BCUT2D eigenvalue weighted by Gasteiger charge is -2.36. The van der Waals surface area contributed by atoms with Gasteiger partial charge in [0, 0.05) is 32.7 Å². The number of piperazine rings is 1. The average Bonchev–Trinajstić information content (AvgIpc) is 3.52. The summed E-state index contributed by atoms with van der Waals surface area (Å²) in [6.45, 7) is 8.92. The van der Waals surface area contributed by atoms with E-state index in [9.17, 15) is 14.4 Å². The van der Waals surface area contributed by atoms with Crippen molar-refractivity contribution in [3.63, 3.8) is 0 Å². The Hall–Kier alpha value is -4.23. The van der Waals surface area contributed by atoms with Crippen LogP contribution in [0.15, 0.2) is 84.9 Å². The lowest BCUT2D eigenvalue weighted by molar-refractivity contribution is -0.144. The number of carbonyl (C=O) groups excluding carboxylic acids is 3. The monoisotopic (exact) mass is 603 g/mol. The molecule has 232 valence electrons. The zero-order chi connectivity index (χ0) is 31.3. The first-order chi connectivity index (χ1) is 21.8. The molecule has 0 N–H and O–H groups in total. The Morgan fingerprint density at radius 1 is 0.667 bits per heavy atom. The highest BCUT2D eigenvalue weighted by Crippen LogP contribution is 2.73. The third-order valence-electron chi connectivity index (χ3n) is 10.9. The lowest BCUT2D eigenvalue weighted by atomic mass is 9.63. The number of fused-ring (bicyclic) bond motifs is 5. The van der Waals surface area contributed by atoms with Crippen LogP contribution in [0.4, 0.5) is 5.69 Å². The summed E-state index contributed by atoms with van der Waals surface area (Å²) in [5.41, 5.74) is 2.70. The largest absolute Gasteiger partial charge is 0.495 e. The third-order valence-corrected chi connectivity index (χ3v) is 10.9. The van der Waals surface area contributed by atoms with Gasteiger partial charge in [0.05, 0.1) is 35.5 Å². The van der Waals surface area contributed by atoms with Crippen LogP contribution in [0.25, 0.3) is 11.1 Å². The number of nitrogens with zero attached hydrogens (tertiary/aromatic N) is 3. The molecule has 3 aromatic rings. The van der Waals surface area contributed by atoms with Gasteiger partial charge in [-0.1, -0.05) is 72.8 Å². The van der Waals surface area contributed by atoms with Gasteiger partial charge in [0.15, 0.2) is 5.78 Å². The van der Waals surface area contributed by atoms with Crippen LogP contribution in [-0.2, 0) is 14.4 Å². The van der Waals surface area contributed by atoms with Crippen molar-refractivity contribution < 1.29 is 19.1 Å². The molecular formula is C38H41N3O4. The average molecular weight is 604 g/mol. The molecule has 2 bridgehead atoms. The zero-order valence-corrected chi connectivity index (χ0v) is 26.4. The minimum absolute atomic E-state index is 0.00341. The number of para-hydroxylation sites is 2. The maximum absolute atomic E-state index is 14.4. The number of methoxy groups -OCH3 is 1. The molecule has 1 saturated carbocycles. The number of carbonyl (C=O) groups is 3. The van der Waals surface area contributed by atoms with Crippen LogP contribution in [0.3, 0.4) is 0 Å². The predicted octanol–water partition coefficient (Wildman–Crippen LogP) is 5.42. The summed E-state index contributed by atoms with van der Waals surface area (Å²) in [5.74, 6) is -0.820. The number of allylic oxidation sites excluding steroid dienone is 2. The molecule has 2 heterocycles. The molecule has 0 aromatic heterocycles. The van der Waals surface area contributed by atoms with E-state index in [-0.39, 0.29) is 17.6 Å². The molecule has 3 fully saturated rings. The maximum atomic E-state index is 14.4. The number of Topliss-reactive ketones (excluding diaryl/α,β-unsaturated/α-hetero) is 1. The number of hydrogen-bond acceptors (Lipinski definition) is 6. The van der Waals surface area contributed by atoms with Crippen molar-refractivity contribution in [3.8, 4) is 5.75 Å². The van der Waals surface area contributed by atoms with E-state index in [0.717, 1.165) is 79.3 Å². The predicted molar refractivity (Wildman–Crippen MR) is 175 cm³/mol. The van der Waals surface area contributed by atoms with E-state index in [0.29, 0.717) is 6.54 Å². The molecule has 3 aromatic carbocycles. The second kappa shape index (κ2) is 11.3. The molecule has 2 aliphatic heterocycles. The number of likely N-dealkylation sites (tertiary alicyclic amines) is 1. The van der Waals surface area contributed by atoms with E-state index in [1.54, 1.807) is 7.11 Å². The lowest BCUT2D eigenvalue weighted by Crippen LogP contribution is -2.46. The van der Waals surface area contributed by atoms with Crippen LogP contribution in [-0.4, -0.2) is 73.8 Å². The van der Waals surface area contributed by atoms with Gasteiger partial charge < -0.3 is 9.64 Å². The highest BCUT2D eigenvalue weighted by molar-refractivity contribution is 6.29. The van der Waals surface area contributed by atoms with Gasteiger partial charge >= 0.3 is 0 Å². The third kappa shape index (κ3) is 4.38. The standard InChI is InChI=1S/C38H41N3O4/c1-37-30(26-14-6-4-7-15-26)31(27-16-8-5-9-17-27)38(2,36(37)44)33-32(37)34(42)41(35(33)43)21-13-12-20-39-22-24-40(25-23-39)28-18-10-11-19-29(28)45-3/h4-11,14-19,32-33H,12-13,20-25H2,1-3H3. The van der Waals surface area contributed by atoms with E-state index < -0.39 is 22.7 Å². The first kappa shape index (κ1) is 29.5. The molecule has 7 nitrogen and oxygen atoms in total. The molecule has 4 unspecified atom stereocenters. The molecule has 0 spiro atoms. The van der Waals surface area contributed by atoms with E-state index >= 15 is 0 Å². The van der Waals surface area contributed by atoms with Crippen LogP contribution in [0, 0.1) is 22.7 Å². The fourth-order valence-corrected chi connectivity index (χ4v) is 8.80. The first-order valence-electron chi connectivity index (χ1n) is 16.2. The van der Waals surface area contributed by atoms with Gasteiger partial charge in [-0.25, -0.2) is 0 Å². The second-order valence-electron chi connectivity index (χ2n) is 13.2. The number of imide groups is 1. The number of unbranched alkanes of at least 4 members (excludes halogenated alkanes) is 1. The summed E-state index contributed by atoms with van der Waals surface area (Å²) in [6, 6.07) is 28.0. The Bertz CT molecular complexity index is 1580. The highest BCUT2D eigenvalue weighted by Gasteiger charge is 2.78. The number of amides is 2. The van der Waals surface area contributed by atoms with Crippen LogP contribution in [0.2, 0.25) is 0 Å². The Labute approximate surface area is 265 Å². The van der Waals surface area contributed by atoms with Gasteiger partial charge in [0.25, 0.3) is 0 Å². The minimum atomic E-state index is -1.06. The number of anilines is 1. The molecule has 2 saturated heterocycles. The number of hydrogen-bond donors (Lipinski definition) is 0. The van der Waals surface area contributed by atoms with Crippen molar-refractivity contribution in [2.24, 2.45) is 22.7 Å². The quantitative estimate of drug-likeness (QED) is 0.240. The summed E-state index contributed by atoms with van der Waals surface area (Å²) < 4.78 is 5.55. The molecule has 7 heteroatoms. The summed E-state index contributed by atoms with van der Waals surface area (Å²) in [6.07, 6.45) is 1.65. The van der Waals surface area contributed by atoms with Gasteiger partial charge in [-0.2, -0.15) is 0 Å². The van der Waals surface area contributed by atoms with Gasteiger partial charge in [-0.15, -0.1) is 0 Å². The van der Waals surface area contributed by atoms with Crippen molar-refractivity contribution in [1.29, 1.82) is 0 Å². The molecule has 4 aliphatic rings. The highest BCUT2D eigenvalue weighted by atomic mass is 16.5. The number of benzene rings is 3. The van der Waals surface area contributed by atoms with E-state index in [1.807, 2.05) is 92.7 Å². The SMILES string of the molecule is COc1ccccc1N1CCN(CCCCN2C(=O)C3C(C2=O)C2(C)C(=O)C3(C)C(c3ccccc3)=C2c2ccccc2)CC1. The van der Waals surface area contributed by atoms with E-state index in [4.69, 9.17) is 4.74 Å². The normalized spacial score (nSPS) is 27.9. The number of rotatable bonds is 9. The van der Waals surface area contributed by atoms with E-state index in [2.05, 4.69) is 15.9 Å². The Morgan fingerprint density at radius 3 is 1.69 bits per heavy atom. The minimum Gasteiger partial charge on any atom is -0.495 e. The fraction of sp³-hybridized carbons (Fsp3) is 0.395. The number of ketones is 1. The molecule has 4 atom stereocenters. The van der Waals surface area contributed by atoms with Gasteiger partial charge in [0.2, 0.25) is 11.8 Å². The Balaban J connectivity index is 1.05. The van der Waals surface area contributed by atoms with Crippen LogP contribution < -0.4 is 9.64 Å². The van der Waals surface area contributed by atoms with E-state index in [1.165, 1.54) is 4.90 Å². The molecule has 45 heavy (non-hydrogen) atoms. The molecule has 0 radical (unpaired) electrons. The molecule has 2 aliphatic carbocycles. The van der Waals surface area contributed by atoms with Crippen LogP contribution >= 0.6 is 0 Å². The van der Waals surface area contributed by atoms with Gasteiger partial charge in [-0.3, -0.25) is 24.2 Å². The summed E-state index contributed by atoms with van der Waals surface area (Å²) in [5, 5.41) is 0. The summed E-state index contributed by atoms with van der Waals surface area (Å²) in [7, 11) is 1.71. The van der Waals surface area contributed by atoms with Crippen molar-refractivity contribution in [1.82, 2.24) is 9.80 Å². The van der Waals surface area contributed by atoms with Crippen molar-refractivity contribution >= 4 is 34.4 Å². The maximum Gasteiger partial charge on any atom is 0.234 e. The summed E-state index contributed by atoms with van der Waals surface area (Å²) >= 11 is 0. The Kier molecular flexibility index (Phi) is 7.40. The topological polar surface area (TPSA) is 70.2 Å². The van der Waals surface area contributed by atoms with Crippen LogP contribution in [0.5, 0.6) is 5.75 Å². The van der Waals surface area contributed by atoms with Crippen molar-refractivity contribution in [2.75, 3.05) is 51.3 Å². The van der Waals surface area contributed by atoms with Crippen LogP contribution in [0.1, 0.15) is 37.8 Å². The Morgan fingerprint density at radius 2 is 1.16 bits per heavy atom. The van der Waals surface area contributed by atoms with Gasteiger partial charge in [-0.05, 0) is 67.6 Å².